The highest BCUT2D eigenvalue weighted by Crippen LogP contribution is 2.16. The summed E-state index contributed by atoms with van der Waals surface area (Å²) in [6, 6.07) is 0. The van der Waals surface area contributed by atoms with Gasteiger partial charge in [0.25, 0.3) is 0 Å². The summed E-state index contributed by atoms with van der Waals surface area (Å²) in [5.74, 6) is 0.846. The van der Waals surface area contributed by atoms with Crippen molar-refractivity contribution in [3.8, 4) is 0 Å². The van der Waals surface area contributed by atoms with E-state index in [9.17, 15) is 9.59 Å². The first-order chi connectivity index (χ1) is 10.1. The molecule has 2 heterocycles. The molecule has 0 bridgehead atoms. The monoisotopic (exact) mass is 296 g/mol. The molecule has 1 atom stereocenters. The lowest BCUT2D eigenvalue weighted by atomic mass is 9.95. The van der Waals surface area contributed by atoms with E-state index in [1.54, 1.807) is 0 Å². The van der Waals surface area contributed by atoms with E-state index < -0.39 is 0 Å². The lowest BCUT2D eigenvalue weighted by Gasteiger charge is -2.35. The molecule has 0 saturated carbocycles. The second-order valence-electron chi connectivity index (χ2n) is 6.12. The summed E-state index contributed by atoms with van der Waals surface area (Å²) in [6.45, 7) is 8.64. The van der Waals surface area contributed by atoms with Gasteiger partial charge in [-0.05, 0) is 31.8 Å². The van der Waals surface area contributed by atoms with Gasteiger partial charge in [-0.15, -0.1) is 0 Å². The number of nitrogens with zero attached hydrogens (tertiary/aromatic N) is 2. The molecular weight excluding hydrogens is 268 g/mol. The number of amides is 2. The summed E-state index contributed by atoms with van der Waals surface area (Å²) in [4.78, 5) is 27.4. The van der Waals surface area contributed by atoms with Crippen molar-refractivity contribution in [1.82, 2.24) is 20.4 Å². The molecule has 2 N–H and O–H groups in total. The van der Waals surface area contributed by atoms with Gasteiger partial charge in [0.15, 0.2) is 0 Å². The quantitative estimate of drug-likeness (QED) is 0.728. The van der Waals surface area contributed by atoms with Crippen LogP contribution in [0.5, 0.6) is 0 Å². The number of rotatable bonds is 5. The summed E-state index contributed by atoms with van der Waals surface area (Å²) in [5, 5.41) is 6.18. The Bertz CT molecular complexity index is 348. The molecule has 2 aliphatic heterocycles. The van der Waals surface area contributed by atoms with E-state index in [-0.39, 0.29) is 5.91 Å². The Morgan fingerprint density at radius 1 is 1.24 bits per heavy atom. The Hall–Kier alpha value is -1.14. The topological polar surface area (TPSA) is 64.7 Å². The molecule has 2 saturated heterocycles. The van der Waals surface area contributed by atoms with Gasteiger partial charge in [0.2, 0.25) is 11.8 Å². The minimum absolute atomic E-state index is 0.0184. The molecule has 1 unspecified atom stereocenters. The molecule has 0 spiro atoms. The van der Waals surface area contributed by atoms with Gasteiger partial charge in [0, 0.05) is 52.6 Å². The highest BCUT2D eigenvalue weighted by molar-refractivity contribution is 5.76. The Balaban J connectivity index is 1.63. The zero-order chi connectivity index (χ0) is 15.1. The number of hydrogen-bond donors (Lipinski definition) is 2. The number of hydrogen-bond acceptors (Lipinski definition) is 4. The second kappa shape index (κ2) is 8.34. The minimum atomic E-state index is 0.0184. The number of piperazine rings is 1. The zero-order valence-electron chi connectivity index (χ0n) is 13.1. The van der Waals surface area contributed by atoms with Crippen molar-refractivity contribution in [2.45, 2.75) is 26.2 Å². The molecule has 21 heavy (non-hydrogen) atoms. The normalized spacial score (nSPS) is 23.9. The minimum Gasteiger partial charge on any atom is -0.355 e. The van der Waals surface area contributed by atoms with Gasteiger partial charge in [-0.2, -0.15) is 0 Å². The van der Waals surface area contributed by atoms with Gasteiger partial charge in [-0.1, -0.05) is 0 Å². The summed E-state index contributed by atoms with van der Waals surface area (Å²) in [6.07, 6.45) is 3.06. The van der Waals surface area contributed by atoms with Crippen LogP contribution in [0.25, 0.3) is 0 Å². The van der Waals surface area contributed by atoms with Crippen LogP contribution in [0.3, 0.4) is 0 Å². The van der Waals surface area contributed by atoms with Gasteiger partial charge in [-0.25, -0.2) is 0 Å². The standard InChI is InChI=1S/C15H28N4O2/c1-13(20)17-5-6-18-7-9-19(10-8-18)15(21)11-14-3-2-4-16-12-14/h14,16H,2-12H2,1H3,(H,17,20). The van der Waals surface area contributed by atoms with Crippen LogP contribution in [0.2, 0.25) is 0 Å². The average Bonchev–Trinajstić information content (AvgIpc) is 2.48. The number of carbonyl (C=O) groups is 2. The SMILES string of the molecule is CC(=O)NCCN1CCN(C(=O)CC2CCCNC2)CC1. The molecule has 2 amide bonds. The maximum Gasteiger partial charge on any atom is 0.222 e. The predicted octanol–water partition coefficient (Wildman–Crippen LogP) is -0.344. The fourth-order valence-electron chi connectivity index (χ4n) is 3.09. The Morgan fingerprint density at radius 2 is 2.00 bits per heavy atom. The van der Waals surface area contributed by atoms with Crippen molar-refractivity contribution in [2.75, 3.05) is 52.4 Å². The van der Waals surface area contributed by atoms with E-state index in [1.165, 1.54) is 19.8 Å². The molecule has 6 heteroatoms. The van der Waals surface area contributed by atoms with Crippen LogP contribution >= 0.6 is 0 Å². The Morgan fingerprint density at radius 3 is 2.62 bits per heavy atom. The molecule has 120 valence electrons. The van der Waals surface area contributed by atoms with Crippen molar-refractivity contribution >= 4 is 11.8 Å². The van der Waals surface area contributed by atoms with Crippen LogP contribution in [-0.4, -0.2) is 74.0 Å². The van der Waals surface area contributed by atoms with Gasteiger partial charge in [-0.3, -0.25) is 14.5 Å². The number of piperidine rings is 1. The van der Waals surface area contributed by atoms with Crippen LogP contribution in [-0.2, 0) is 9.59 Å². The molecule has 0 aliphatic carbocycles. The summed E-state index contributed by atoms with van der Waals surface area (Å²) in [7, 11) is 0. The molecule has 0 aromatic rings. The predicted molar refractivity (Wildman–Crippen MR) is 81.9 cm³/mol. The summed E-state index contributed by atoms with van der Waals surface area (Å²) < 4.78 is 0. The molecule has 0 radical (unpaired) electrons. The fourth-order valence-corrected chi connectivity index (χ4v) is 3.09. The number of carbonyl (C=O) groups excluding carboxylic acids is 2. The van der Waals surface area contributed by atoms with E-state index in [4.69, 9.17) is 0 Å². The largest absolute Gasteiger partial charge is 0.355 e. The molecule has 0 aromatic carbocycles. The van der Waals surface area contributed by atoms with Gasteiger partial charge in [0.1, 0.15) is 0 Å². The lowest BCUT2D eigenvalue weighted by molar-refractivity contribution is -0.134. The van der Waals surface area contributed by atoms with Crippen molar-refractivity contribution in [3.05, 3.63) is 0 Å². The van der Waals surface area contributed by atoms with Crippen LogP contribution in [0.1, 0.15) is 26.2 Å². The third-order valence-electron chi connectivity index (χ3n) is 4.39. The van der Waals surface area contributed by atoms with Gasteiger partial charge in [0.05, 0.1) is 0 Å². The van der Waals surface area contributed by atoms with Crippen molar-refractivity contribution in [3.63, 3.8) is 0 Å². The van der Waals surface area contributed by atoms with Crippen LogP contribution in [0.15, 0.2) is 0 Å². The highest BCUT2D eigenvalue weighted by atomic mass is 16.2. The first-order valence-electron chi connectivity index (χ1n) is 8.10. The van der Waals surface area contributed by atoms with E-state index in [0.717, 1.165) is 45.8 Å². The third kappa shape index (κ3) is 5.63. The summed E-state index contributed by atoms with van der Waals surface area (Å²) in [5.41, 5.74) is 0. The molecule has 2 aliphatic rings. The van der Waals surface area contributed by atoms with Gasteiger partial charge >= 0.3 is 0 Å². The molecule has 2 fully saturated rings. The van der Waals surface area contributed by atoms with Crippen molar-refractivity contribution in [1.29, 1.82) is 0 Å². The van der Waals surface area contributed by atoms with Crippen molar-refractivity contribution < 1.29 is 9.59 Å². The average molecular weight is 296 g/mol. The summed E-state index contributed by atoms with van der Waals surface area (Å²) >= 11 is 0. The van der Waals surface area contributed by atoms with E-state index in [2.05, 4.69) is 15.5 Å². The smallest absolute Gasteiger partial charge is 0.222 e. The lowest BCUT2D eigenvalue weighted by Crippen LogP contribution is -2.50. The molecule has 0 aromatic heterocycles. The van der Waals surface area contributed by atoms with Crippen LogP contribution in [0, 0.1) is 5.92 Å². The first-order valence-corrected chi connectivity index (χ1v) is 8.10. The van der Waals surface area contributed by atoms with E-state index >= 15 is 0 Å². The molecule has 2 rings (SSSR count). The zero-order valence-corrected chi connectivity index (χ0v) is 13.1. The van der Waals surface area contributed by atoms with E-state index in [1.807, 2.05) is 4.90 Å². The van der Waals surface area contributed by atoms with Crippen LogP contribution < -0.4 is 10.6 Å². The number of nitrogens with one attached hydrogen (secondary N) is 2. The molecule has 6 nitrogen and oxygen atoms in total. The van der Waals surface area contributed by atoms with E-state index in [0.29, 0.717) is 24.8 Å². The second-order valence-corrected chi connectivity index (χ2v) is 6.12. The maximum absolute atomic E-state index is 12.3. The Kier molecular flexibility index (Phi) is 6.45. The van der Waals surface area contributed by atoms with Crippen molar-refractivity contribution in [2.24, 2.45) is 5.92 Å². The fraction of sp³-hybridized carbons (Fsp3) is 0.867. The third-order valence-corrected chi connectivity index (χ3v) is 4.39. The van der Waals surface area contributed by atoms with Crippen LogP contribution in [0.4, 0.5) is 0 Å². The highest BCUT2D eigenvalue weighted by Gasteiger charge is 2.24. The maximum atomic E-state index is 12.3. The molecular formula is C15H28N4O2. The Labute approximate surface area is 127 Å². The first kappa shape index (κ1) is 16.2. The van der Waals surface area contributed by atoms with Gasteiger partial charge < -0.3 is 15.5 Å².